The second-order valence-electron chi connectivity index (χ2n) is 15.0. The summed E-state index contributed by atoms with van der Waals surface area (Å²) in [5.41, 5.74) is 4.68. The first-order valence-electron chi connectivity index (χ1n) is 18.9. The molecule has 1 aliphatic carbocycles. The van der Waals surface area contributed by atoms with Crippen LogP contribution in [-0.4, -0.2) is 78.4 Å². The summed E-state index contributed by atoms with van der Waals surface area (Å²) in [4.78, 5) is 49.1. The predicted molar refractivity (Wildman–Crippen MR) is 198 cm³/mol. The van der Waals surface area contributed by atoms with E-state index in [1.165, 1.54) is 18.4 Å². The fraction of sp³-hybridized carbons (Fsp3) is 0.450. The van der Waals surface area contributed by atoms with Gasteiger partial charge in [-0.2, -0.15) is 5.10 Å². The third-order valence-corrected chi connectivity index (χ3v) is 10.9. The molecule has 2 saturated heterocycles. The number of likely N-dealkylation sites (tertiary alicyclic amines) is 1. The zero-order valence-corrected chi connectivity index (χ0v) is 30.2. The predicted octanol–water partition coefficient (Wildman–Crippen LogP) is 5.75. The molecule has 13 nitrogen and oxygen atoms in total. The van der Waals surface area contributed by atoms with Crippen LogP contribution in [0.15, 0.2) is 67.4 Å². The number of hydrogen-bond acceptors (Lipinski definition) is 9. The van der Waals surface area contributed by atoms with Gasteiger partial charge in [0, 0.05) is 56.2 Å². The summed E-state index contributed by atoms with van der Waals surface area (Å²) in [6, 6.07) is 11.8. The van der Waals surface area contributed by atoms with Gasteiger partial charge < -0.3 is 24.1 Å². The van der Waals surface area contributed by atoms with E-state index in [-0.39, 0.29) is 23.8 Å². The molecule has 5 aromatic rings. The molecular weight excluding hydrogens is 672 g/mol. The molecule has 276 valence electrons. The van der Waals surface area contributed by atoms with E-state index in [0.29, 0.717) is 59.0 Å². The molecule has 1 aromatic carbocycles. The normalized spacial score (nSPS) is 21.6. The molecule has 1 unspecified atom stereocenters. The van der Waals surface area contributed by atoms with Crippen LogP contribution >= 0.6 is 0 Å². The van der Waals surface area contributed by atoms with Crippen LogP contribution < -0.4 is 20.1 Å². The Hall–Kier alpha value is -5.30. The molecule has 3 aliphatic rings. The van der Waals surface area contributed by atoms with E-state index < -0.39 is 6.10 Å². The highest BCUT2D eigenvalue weighted by Gasteiger charge is 2.30. The van der Waals surface area contributed by atoms with Gasteiger partial charge >= 0.3 is 0 Å². The molecule has 53 heavy (non-hydrogen) atoms. The van der Waals surface area contributed by atoms with Crippen LogP contribution in [0.5, 0.6) is 11.5 Å². The summed E-state index contributed by atoms with van der Waals surface area (Å²) in [5.74, 6) is 1.85. The molecule has 6 heterocycles. The summed E-state index contributed by atoms with van der Waals surface area (Å²) in [7, 11) is 0. The van der Waals surface area contributed by atoms with Crippen molar-refractivity contribution in [3.8, 4) is 11.5 Å². The highest BCUT2D eigenvalue weighted by Crippen LogP contribution is 2.38. The molecule has 3 fully saturated rings. The van der Waals surface area contributed by atoms with E-state index in [1.54, 1.807) is 29.2 Å². The van der Waals surface area contributed by atoms with E-state index in [9.17, 15) is 14.4 Å². The first-order chi connectivity index (χ1) is 25.8. The Morgan fingerprint density at radius 3 is 2.55 bits per heavy atom. The fourth-order valence-electron chi connectivity index (χ4n) is 8.08. The fourth-order valence-corrected chi connectivity index (χ4v) is 8.08. The Labute approximate surface area is 308 Å². The maximum atomic E-state index is 13.6. The number of anilines is 1. The van der Waals surface area contributed by atoms with E-state index in [1.807, 2.05) is 42.6 Å². The van der Waals surface area contributed by atoms with Crippen LogP contribution in [0, 0.1) is 5.92 Å². The van der Waals surface area contributed by atoms with Gasteiger partial charge in [-0.05, 0) is 101 Å². The largest absolute Gasteiger partial charge is 0.490 e. The average Bonchev–Trinajstić information content (AvgIpc) is 3.77. The van der Waals surface area contributed by atoms with E-state index in [2.05, 4.69) is 43.9 Å². The Morgan fingerprint density at radius 2 is 1.79 bits per heavy atom. The topological polar surface area (TPSA) is 144 Å². The SMILES string of the molecule is CC(C)Oc1cc2nc(C3CCC(CN4CCC(c5ccc(OC6CCC(=O)NC6=O)cc5)CC4)CC3)cn2cc1C(=O)Nc1cnn2cccnc12. The minimum Gasteiger partial charge on any atom is -0.490 e. The molecule has 2 aliphatic heterocycles. The number of aromatic nitrogens is 5. The average molecular weight is 719 g/mol. The van der Waals surface area contributed by atoms with Gasteiger partial charge in [0.25, 0.3) is 11.8 Å². The monoisotopic (exact) mass is 718 g/mol. The number of fused-ring (bicyclic) bond motifs is 2. The van der Waals surface area contributed by atoms with Crippen LogP contribution in [0.3, 0.4) is 0 Å². The summed E-state index contributed by atoms with van der Waals surface area (Å²) in [6.45, 7) is 7.22. The number of nitrogens with zero attached hydrogens (tertiary/aromatic N) is 6. The van der Waals surface area contributed by atoms with Crippen molar-refractivity contribution in [2.45, 2.75) is 89.3 Å². The van der Waals surface area contributed by atoms with Crippen molar-refractivity contribution in [2.24, 2.45) is 5.92 Å². The number of imide groups is 1. The minimum absolute atomic E-state index is 0.113. The van der Waals surface area contributed by atoms with Gasteiger partial charge in [-0.1, -0.05) is 12.1 Å². The van der Waals surface area contributed by atoms with Crippen molar-refractivity contribution in [3.05, 3.63) is 84.2 Å². The van der Waals surface area contributed by atoms with Crippen molar-refractivity contribution in [1.82, 2.24) is 34.2 Å². The maximum Gasteiger partial charge on any atom is 0.267 e. The molecule has 0 bridgehead atoms. The Balaban J connectivity index is 0.842. The number of carbonyl (C=O) groups excluding carboxylic acids is 3. The molecule has 3 amide bonds. The van der Waals surface area contributed by atoms with Crippen LogP contribution in [0.2, 0.25) is 0 Å². The second-order valence-corrected chi connectivity index (χ2v) is 15.0. The first-order valence-corrected chi connectivity index (χ1v) is 18.9. The molecule has 0 radical (unpaired) electrons. The van der Waals surface area contributed by atoms with Crippen LogP contribution in [0.1, 0.15) is 98.7 Å². The van der Waals surface area contributed by atoms with Crippen molar-refractivity contribution < 1.29 is 23.9 Å². The van der Waals surface area contributed by atoms with Gasteiger partial charge in [0.1, 0.15) is 22.8 Å². The quantitative estimate of drug-likeness (QED) is 0.173. The molecule has 4 aromatic heterocycles. The van der Waals surface area contributed by atoms with E-state index in [4.69, 9.17) is 14.5 Å². The summed E-state index contributed by atoms with van der Waals surface area (Å²) < 4.78 is 15.5. The van der Waals surface area contributed by atoms with Gasteiger partial charge in [-0.15, -0.1) is 0 Å². The van der Waals surface area contributed by atoms with E-state index >= 15 is 0 Å². The highest BCUT2D eigenvalue weighted by molar-refractivity contribution is 6.07. The van der Waals surface area contributed by atoms with Crippen LogP contribution in [0.25, 0.3) is 11.3 Å². The second kappa shape index (κ2) is 15.0. The van der Waals surface area contributed by atoms with Crippen molar-refractivity contribution in [2.75, 3.05) is 25.0 Å². The number of ether oxygens (including phenoxy) is 2. The number of benzene rings is 1. The molecule has 8 rings (SSSR count). The van der Waals surface area contributed by atoms with E-state index in [0.717, 1.165) is 56.7 Å². The van der Waals surface area contributed by atoms with Crippen molar-refractivity contribution in [3.63, 3.8) is 0 Å². The molecule has 2 N–H and O–H groups in total. The Morgan fingerprint density at radius 1 is 1.00 bits per heavy atom. The van der Waals surface area contributed by atoms with Crippen molar-refractivity contribution in [1.29, 1.82) is 0 Å². The third-order valence-electron chi connectivity index (χ3n) is 10.9. The Bertz CT molecular complexity index is 2110. The number of nitrogens with one attached hydrogen (secondary N) is 2. The summed E-state index contributed by atoms with van der Waals surface area (Å²) >= 11 is 0. The number of rotatable bonds is 10. The standard InChI is InChI=1S/C40H46N8O5/c1-25(2)52-35-20-36-43-33(24-47(36)23-31(35)39(50)44-32-21-42-48-17-3-16-41-38(32)48)29-6-4-26(5-7-29)22-46-18-14-28(15-19-46)27-8-10-30(11-9-27)53-34-12-13-37(49)45-40(34)51/h3,8-11,16-17,20-21,23-26,28-29,34H,4-7,12-15,18-19,22H2,1-2H3,(H,44,50)(H,45,49,51). The van der Waals surface area contributed by atoms with Gasteiger partial charge in [0.15, 0.2) is 11.8 Å². The highest BCUT2D eigenvalue weighted by atomic mass is 16.5. The summed E-state index contributed by atoms with van der Waals surface area (Å²) in [6.07, 6.45) is 15.7. The van der Waals surface area contributed by atoms with Gasteiger partial charge in [-0.25, -0.2) is 14.5 Å². The van der Waals surface area contributed by atoms with Gasteiger partial charge in [-0.3, -0.25) is 19.7 Å². The smallest absolute Gasteiger partial charge is 0.267 e. The molecule has 1 saturated carbocycles. The third kappa shape index (κ3) is 7.75. The summed E-state index contributed by atoms with van der Waals surface area (Å²) in [5, 5.41) is 9.60. The number of hydrogen-bond donors (Lipinski definition) is 2. The lowest BCUT2D eigenvalue weighted by Crippen LogP contribution is -2.46. The minimum atomic E-state index is -0.614. The van der Waals surface area contributed by atoms with Crippen LogP contribution in [-0.2, 0) is 9.59 Å². The number of amides is 3. The lowest BCUT2D eigenvalue weighted by Gasteiger charge is -2.36. The van der Waals surface area contributed by atoms with Crippen LogP contribution in [0.4, 0.5) is 5.69 Å². The molecule has 0 spiro atoms. The Kier molecular flexibility index (Phi) is 9.82. The van der Waals surface area contributed by atoms with Crippen molar-refractivity contribution >= 4 is 34.7 Å². The van der Waals surface area contributed by atoms with Gasteiger partial charge in [0.05, 0.1) is 23.6 Å². The molecule has 1 atom stereocenters. The number of imidazole rings is 1. The zero-order valence-electron chi connectivity index (χ0n) is 30.2. The molecule has 13 heteroatoms. The number of carbonyl (C=O) groups is 3. The lowest BCUT2D eigenvalue weighted by atomic mass is 9.80. The lowest BCUT2D eigenvalue weighted by molar-refractivity contribution is -0.138. The first kappa shape index (κ1) is 34.8. The maximum absolute atomic E-state index is 13.6. The number of piperidine rings is 2. The van der Waals surface area contributed by atoms with Gasteiger partial charge in [0.2, 0.25) is 5.91 Å². The number of pyridine rings is 1. The molecular formula is C40H46N8O5. The zero-order chi connectivity index (χ0) is 36.5.